The van der Waals surface area contributed by atoms with E-state index in [0.29, 0.717) is 36.1 Å². The molecule has 4 aromatic rings. The van der Waals surface area contributed by atoms with Crippen LogP contribution in [-0.4, -0.2) is 21.1 Å². The van der Waals surface area contributed by atoms with Gasteiger partial charge in [-0.05, 0) is 36.2 Å². The third kappa shape index (κ3) is 2.63. The van der Waals surface area contributed by atoms with E-state index in [1.165, 1.54) is 0 Å². The summed E-state index contributed by atoms with van der Waals surface area (Å²) in [5, 5.41) is 14.2. The number of fused-ring (bicyclic) bond motifs is 5. The van der Waals surface area contributed by atoms with E-state index in [1.54, 1.807) is 6.07 Å². The third-order valence-corrected chi connectivity index (χ3v) is 6.13. The standard InChI is InChI=1S/C21H18Cl2N2O2/c1-2-21(26)3-4-27-11-13-10-25-9-12-5-15-17(23)6-14(22)7-18(15)24-20(12)19(25)8-16(13)21/h5-10,26H,2-4,11H2,1H3. The highest BCUT2D eigenvalue weighted by Gasteiger charge is 2.32. The minimum absolute atomic E-state index is 0.499. The molecule has 0 saturated carbocycles. The smallest absolute Gasteiger partial charge is 0.0964 e. The van der Waals surface area contributed by atoms with E-state index in [0.717, 1.165) is 38.4 Å². The van der Waals surface area contributed by atoms with E-state index in [4.69, 9.17) is 32.9 Å². The molecule has 1 atom stereocenters. The van der Waals surface area contributed by atoms with Crippen LogP contribution in [0.1, 0.15) is 30.9 Å². The van der Waals surface area contributed by atoms with Gasteiger partial charge in [0.2, 0.25) is 0 Å². The molecule has 3 aromatic heterocycles. The average Bonchev–Trinajstić information content (AvgIpc) is 2.90. The molecule has 1 aliphatic heterocycles. The number of aromatic nitrogens is 2. The van der Waals surface area contributed by atoms with Crippen molar-refractivity contribution in [2.75, 3.05) is 6.61 Å². The Kier molecular flexibility index (Phi) is 3.89. The Balaban J connectivity index is 1.85. The molecule has 0 spiro atoms. The Hall–Kier alpha value is -1.85. The zero-order valence-corrected chi connectivity index (χ0v) is 16.3. The highest BCUT2D eigenvalue weighted by molar-refractivity contribution is 6.38. The quantitative estimate of drug-likeness (QED) is 0.460. The summed E-state index contributed by atoms with van der Waals surface area (Å²) in [5.74, 6) is 0. The normalized spacial score (nSPS) is 20.3. The van der Waals surface area contributed by atoms with Crippen LogP contribution in [0.2, 0.25) is 10.0 Å². The first-order chi connectivity index (χ1) is 13.0. The zero-order chi connectivity index (χ0) is 18.8. The summed E-state index contributed by atoms with van der Waals surface area (Å²) >= 11 is 12.5. The van der Waals surface area contributed by atoms with Crippen molar-refractivity contribution in [2.24, 2.45) is 0 Å². The van der Waals surface area contributed by atoms with Gasteiger partial charge in [-0.3, -0.25) is 0 Å². The number of rotatable bonds is 1. The second-order valence-electron chi connectivity index (χ2n) is 7.20. The molecule has 0 amide bonds. The van der Waals surface area contributed by atoms with Crippen molar-refractivity contribution in [3.63, 3.8) is 0 Å². The highest BCUT2D eigenvalue weighted by Crippen LogP contribution is 2.37. The fraction of sp³-hybridized carbons (Fsp3) is 0.286. The summed E-state index contributed by atoms with van der Waals surface area (Å²) in [6, 6.07) is 7.65. The molecule has 5 rings (SSSR count). The van der Waals surface area contributed by atoms with Crippen LogP contribution in [0.15, 0.2) is 36.7 Å². The summed E-state index contributed by atoms with van der Waals surface area (Å²) in [7, 11) is 0. The zero-order valence-electron chi connectivity index (χ0n) is 14.8. The van der Waals surface area contributed by atoms with Crippen LogP contribution < -0.4 is 0 Å². The minimum atomic E-state index is -0.881. The molecule has 1 N–H and O–H groups in total. The first-order valence-corrected chi connectivity index (χ1v) is 9.78. The van der Waals surface area contributed by atoms with Gasteiger partial charge in [0, 0.05) is 40.2 Å². The Labute approximate surface area is 166 Å². The maximum atomic E-state index is 11.2. The minimum Gasteiger partial charge on any atom is -0.385 e. The second-order valence-corrected chi connectivity index (χ2v) is 8.05. The fourth-order valence-electron chi connectivity index (χ4n) is 4.05. The number of hydrogen-bond acceptors (Lipinski definition) is 3. The number of ether oxygens (including phenoxy) is 1. The lowest BCUT2D eigenvalue weighted by Crippen LogP contribution is -2.26. The summed E-state index contributed by atoms with van der Waals surface area (Å²) in [4.78, 5) is 4.83. The molecule has 4 nitrogen and oxygen atoms in total. The van der Waals surface area contributed by atoms with Gasteiger partial charge in [-0.1, -0.05) is 30.1 Å². The van der Waals surface area contributed by atoms with E-state index < -0.39 is 5.60 Å². The van der Waals surface area contributed by atoms with E-state index in [1.807, 2.05) is 31.5 Å². The lowest BCUT2D eigenvalue weighted by molar-refractivity contribution is 0.00232. The maximum absolute atomic E-state index is 11.2. The van der Waals surface area contributed by atoms with E-state index >= 15 is 0 Å². The van der Waals surface area contributed by atoms with Crippen LogP contribution in [0.3, 0.4) is 0 Å². The van der Waals surface area contributed by atoms with Crippen LogP contribution in [0.25, 0.3) is 27.3 Å². The molecule has 0 radical (unpaired) electrons. The second kappa shape index (κ2) is 6.08. The largest absolute Gasteiger partial charge is 0.385 e. The molecule has 1 aromatic carbocycles. The van der Waals surface area contributed by atoms with Crippen molar-refractivity contribution in [1.29, 1.82) is 0 Å². The Morgan fingerprint density at radius 2 is 2.07 bits per heavy atom. The molecule has 1 unspecified atom stereocenters. The first-order valence-electron chi connectivity index (χ1n) is 9.02. The molecule has 27 heavy (non-hydrogen) atoms. The van der Waals surface area contributed by atoms with Crippen molar-refractivity contribution in [3.8, 4) is 0 Å². The van der Waals surface area contributed by atoms with Gasteiger partial charge in [0.05, 0.1) is 40.4 Å². The Morgan fingerprint density at radius 3 is 2.89 bits per heavy atom. The molecule has 0 aliphatic carbocycles. The molecular formula is C21H18Cl2N2O2. The predicted molar refractivity (Wildman–Crippen MR) is 109 cm³/mol. The van der Waals surface area contributed by atoms with Crippen molar-refractivity contribution in [3.05, 3.63) is 57.8 Å². The third-order valence-electron chi connectivity index (χ3n) is 5.60. The fourth-order valence-corrected chi connectivity index (χ4v) is 4.59. The van der Waals surface area contributed by atoms with Gasteiger partial charge in [-0.2, -0.15) is 0 Å². The molecule has 0 saturated heterocycles. The topological polar surface area (TPSA) is 46.8 Å². The summed E-state index contributed by atoms with van der Waals surface area (Å²) in [6.45, 7) is 3.05. The first kappa shape index (κ1) is 17.3. The molecule has 4 heterocycles. The van der Waals surface area contributed by atoms with Crippen molar-refractivity contribution in [2.45, 2.75) is 32.0 Å². The molecule has 138 valence electrons. The highest BCUT2D eigenvalue weighted by atomic mass is 35.5. The van der Waals surface area contributed by atoms with Crippen LogP contribution >= 0.6 is 23.2 Å². The van der Waals surface area contributed by atoms with Gasteiger partial charge in [0.15, 0.2) is 0 Å². The monoisotopic (exact) mass is 400 g/mol. The van der Waals surface area contributed by atoms with Gasteiger partial charge >= 0.3 is 0 Å². The summed E-state index contributed by atoms with van der Waals surface area (Å²) in [5.41, 5.74) is 3.64. The van der Waals surface area contributed by atoms with Crippen molar-refractivity contribution in [1.82, 2.24) is 9.38 Å². The molecule has 1 aliphatic rings. The van der Waals surface area contributed by atoms with Gasteiger partial charge in [0.25, 0.3) is 0 Å². The molecule has 0 fully saturated rings. The van der Waals surface area contributed by atoms with Gasteiger partial charge in [-0.25, -0.2) is 4.98 Å². The molecule has 0 bridgehead atoms. The van der Waals surface area contributed by atoms with Gasteiger partial charge in [0.1, 0.15) is 0 Å². The van der Waals surface area contributed by atoms with E-state index in [2.05, 4.69) is 10.5 Å². The number of nitrogens with zero attached hydrogens (tertiary/aromatic N) is 2. The lowest BCUT2D eigenvalue weighted by Gasteiger charge is -2.27. The number of benzene rings is 1. The van der Waals surface area contributed by atoms with Crippen LogP contribution in [0.5, 0.6) is 0 Å². The number of aliphatic hydroxyl groups is 1. The Bertz CT molecular complexity index is 1220. The summed E-state index contributed by atoms with van der Waals surface area (Å²) in [6.07, 6.45) is 5.31. The average molecular weight is 401 g/mol. The van der Waals surface area contributed by atoms with Crippen LogP contribution in [-0.2, 0) is 16.9 Å². The van der Waals surface area contributed by atoms with Crippen molar-refractivity contribution >= 4 is 50.5 Å². The van der Waals surface area contributed by atoms with Crippen LogP contribution in [0.4, 0.5) is 0 Å². The number of pyridine rings is 2. The SMILES string of the molecule is CCC1(O)CCOCc2cn3cc4cc5c(Cl)cc(Cl)cc5nc4c3cc21. The predicted octanol–water partition coefficient (Wildman–Crippen LogP) is 5.47. The van der Waals surface area contributed by atoms with Gasteiger partial charge < -0.3 is 14.2 Å². The van der Waals surface area contributed by atoms with E-state index in [9.17, 15) is 5.11 Å². The van der Waals surface area contributed by atoms with Gasteiger partial charge in [-0.15, -0.1) is 0 Å². The molecular weight excluding hydrogens is 383 g/mol. The van der Waals surface area contributed by atoms with Crippen molar-refractivity contribution < 1.29 is 9.84 Å². The van der Waals surface area contributed by atoms with Crippen LogP contribution in [0, 0.1) is 0 Å². The Morgan fingerprint density at radius 1 is 1.22 bits per heavy atom. The maximum Gasteiger partial charge on any atom is 0.0964 e. The number of halogens is 2. The number of hydrogen-bond donors (Lipinski definition) is 1. The lowest BCUT2D eigenvalue weighted by atomic mass is 9.86. The summed E-state index contributed by atoms with van der Waals surface area (Å²) < 4.78 is 7.76. The molecule has 6 heteroatoms. The van der Waals surface area contributed by atoms with E-state index in [-0.39, 0.29) is 0 Å².